The van der Waals surface area contributed by atoms with Gasteiger partial charge >= 0.3 is 5.51 Å². The molecule has 0 amide bonds. The normalized spacial score (nSPS) is 18.4. The first kappa shape index (κ1) is 24.0. The number of aldehydes is 1. The van der Waals surface area contributed by atoms with Crippen molar-refractivity contribution in [3.8, 4) is 0 Å². The van der Waals surface area contributed by atoms with Crippen molar-refractivity contribution in [1.82, 2.24) is 9.88 Å². The summed E-state index contributed by atoms with van der Waals surface area (Å²) in [6.07, 6.45) is 2.00. The van der Waals surface area contributed by atoms with Crippen LogP contribution >= 0.6 is 11.8 Å². The van der Waals surface area contributed by atoms with Crippen LogP contribution in [0.25, 0.3) is 10.9 Å². The monoisotopic (exact) mass is 488 g/mol. The van der Waals surface area contributed by atoms with Crippen molar-refractivity contribution in [3.63, 3.8) is 0 Å². The highest BCUT2D eigenvalue weighted by Gasteiger charge is 2.50. The molecule has 2 aromatic carbocycles. The number of pyridine rings is 1. The van der Waals surface area contributed by atoms with Gasteiger partial charge in [-0.15, -0.1) is 0 Å². The number of thioether (sulfide) groups is 1. The Kier molecular flexibility index (Phi) is 6.30. The maximum atomic E-state index is 12.7. The Bertz CT molecular complexity index is 1230. The highest BCUT2D eigenvalue weighted by molar-refractivity contribution is 8.00. The minimum atomic E-state index is -4.39. The van der Waals surface area contributed by atoms with Gasteiger partial charge in [-0.25, -0.2) is 0 Å². The number of ketones is 1. The van der Waals surface area contributed by atoms with Crippen molar-refractivity contribution in [2.24, 2.45) is 0 Å². The third kappa shape index (κ3) is 4.74. The molecule has 2 heterocycles. The number of alkyl halides is 3. The van der Waals surface area contributed by atoms with E-state index in [1.807, 2.05) is 26.0 Å². The Balaban J connectivity index is 1.67. The lowest BCUT2D eigenvalue weighted by Crippen LogP contribution is -2.51. The fourth-order valence-corrected chi connectivity index (χ4v) is 5.00. The summed E-state index contributed by atoms with van der Waals surface area (Å²) >= 11 is -0.199. The number of nitrogen functional groups attached to an aromatic ring is 1. The molecule has 3 aromatic rings. The number of hydrogen-bond acceptors (Lipinski definition) is 7. The average Bonchev–Trinajstić information content (AvgIpc) is 3.02. The number of aromatic nitrogens is 1. The standard InChI is InChI=1S/C24H23F3N4O2S/c1-23(2)22(21(33)13-32)31(17-4-6-18(7-5-17)34-24(25,26)27)14-30(23)12-15-9-10-29-20-11-16(28)3-8-19(15)20/h3-11,13,22H,12,14,28H2,1-2H3. The Morgan fingerprint density at radius 2 is 1.91 bits per heavy atom. The van der Waals surface area contributed by atoms with Gasteiger partial charge in [-0.05, 0) is 73.6 Å². The first-order valence-corrected chi connectivity index (χ1v) is 11.3. The Hall–Kier alpha value is -3.11. The molecule has 1 atom stereocenters. The van der Waals surface area contributed by atoms with Crippen molar-refractivity contribution in [1.29, 1.82) is 0 Å². The minimum absolute atomic E-state index is 0.0485. The van der Waals surface area contributed by atoms with Crippen LogP contribution in [0.15, 0.2) is 59.6 Å². The van der Waals surface area contributed by atoms with Crippen LogP contribution in [0.2, 0.25) is 0 Å². The molecule has 1 aromatic heterocycles. The van der Waals surface area contributed by atoms with E-state index in [1.54, 1.807) is 35.4 Å². The summed E-state index contributed by atoms with van der Waals surface area (Å²) in [5, 5.41) is 0.928. The fourth-order valence-electron chi connectivity index (χ4n) is 4.46. The summed E-state index contributed by atoms with van der Waals surface area (Å²) in [5.41, 5.74) is 3.67. The second-order valence-electron chi connectivity index (χ2n) is 8.67. The molecule has 178 valence electrons. The van der Waals surface area contributed by atoms with Gasteiger partial charge in [0, 0.05) is 39.9 Å². The molecule has 0 bridgehead atoms. The zero-order valence-electron chi connectivity index (χ0n) is 18.5. The maximum Gasteiger partial charge on any atom is 0.446 e. The molecule has 4 rings (SSSR count). The summed E-state index contributed by atoms with van der Waals surface area (Å²) in [7, 11) is 0. The van der Waals surface area contributed by atoms with Gasteiger partial charge in [0.1, 0.15) is 6.04 Å². The lowest BCUT2D eigenvalue weighted by molar-refractivity contribution is -0.131. The second-order valence-corrected chi connectivity index (χ2v) is 9.81. The Morgan fingerprint density at radius 1 is 1.21 bits per heavy atom. The highest BCUT2D eigenvalue weighted by Crippen LogP contribution is 2.40. The highest BCUT2D eigenvalue weighted by atomic mass is 32.2. The minimum Gasteiger partial charge on any atom is -0.399 e. The van der Waals surface area contributed by atoms with Gasteiger partial charge in [0.25, 0.3) is 0 Å². The molecule has 0 saturated carbocycles. The molecule has 0 aliphatic carbocycles. The number of nitrogens with zero attached hydrogens (tertiary/aromatic N) is 3. The van der Waals surface area contributed by atoms with E-state index in [0.29, 0.717) is 30.9 Å². The molecule has 1 aliphatic heterocycles. The third-order valence-electron chi connectivity index (χ3n) is 6.12. The number of anilines is 2. The second kappa shape index (κ2) is 8.92. The van der Waals surface area contributed by atoms with Crippen LogP contribution in [-0.4, -0.2) is 45.7 Å². The Morgan fingerprint density at radius 3 is 2.56 bits per heavy atom. The number of nitrogens with two attached hydrogens (primary N) is 1. The van der Waals surface area contributed by atoms with Crippen LogP contribution in [0.3, 0.4) is 0 Å². The van der Waals surface area contributed by atoms with E-state index >= 15 is 0 Å². The van der Waals surface area contributed by atoms with Crippen molar-refractivity contribution >= 4 is 46.1 Å². The van der Waals surface area contributed by atoms with Gasteiger partial charge in [0.15, 0.2) is 6.29 Å². The van der Waals surface area contributed by atoms with Crippen LogP contribution in [-0.2, 0) is 16.1 Å². The van der Waals surface area contributed by atoms with E-state index < -0.39 is 22.9 Å². The molecule has 1 fully saturated rings. The number of benzene rings is 2. The third-order valence-corrected chi connectivity index (χ3v) is 6.86. The molecule has 2 N–H and O–H groups in total. The quantitative estimate of drug-likeness (QED) is 0.235. The molecular formula is C24H23F3N4O2S. The van der Waals surface area contributed by atoms with Crippen molar-refractivity contribution in [3.05, 3.63) is 60.3 Å². The molecule has 6 nitrogen and oxygen atoms in total. The van der Waals surface area contributed by atoms with Gasteiger partial charge in [-0.2, -0.15) is 13.2 Å². The van der Waals surface area contributed by atoms with Gasteiger partial charge in [-0.1, -0.05) is 6.07 Å². The first-order chi connectivity index (χ1) is 16.0. The smallest absolute Gasteiger partial charge is 0.399 e. The van der Waals surface area contributed by atoms with E-state index in [1.165, 1.54) is 12.1 Å². The molecule has 1 aliphatic rings. The number of hydrogen-bond donors (Lipinski definition) is 1. The summed E-state index contributed by atoms with van der Waals surface area (Å²) in [4.78, 5) is 32.5. The van der Waals surface area contributed by atoms with Crippen molar-refractivity contribution < 1.29 is 22.8 Å². The van der Waals surface area contributed by atoms with Gasteiger partial charge in [0.2, 0.25) is 5.78 Å². The number of Topliss-reactive ketones (excluding diaryl/α,β-unsaturated/α-hetero) is 1. The zero-order chi connectivity index (χ0) is 24.7. The molecule has 1 unspecified atom stereocenters. The predicted octanol–water partition coefficient (Wildman–Crippen LogP) is 4.62. The first-order valence-electron chi connectivity index (χ1n) is 10.5. The van der Waals surface area contributed by atoms with E-state index in [4.69, 9.17) is 5.73 Å². The number of carbonyl (C=O) groups excluding carboxylic acids is 2. The van der Waals surface area contributed by atoms with E-state index in [0.717, 1.165) is 16.5 Å². The van der Waals surface area contributed by atoms with E-state index in [2.05, 4.69) is 9.88 Å². The lowest BCUT2D eigenvalue weighted by atomic mass is 9.90. The van der Waals surface area contributed by atoms with E-state index in [9.17, 15) is 22.8 Å². The Labute approximate surface area is 198 Å². The summed E-state index contributed by atoms with van der Waals surface area (Å²) in [6.45, 7) is 4.54. The largest absolute Gasteiger partial charge is 0.446 e. The molecular weight excluding hydrogens is 465 g/mol. The topological polar surface area (TPSA) is 79.5 Å². The van der Waals surface area contributed by atoms with Crippen LogP contribution in [0.5, 0.6) is 0 Å². The molecule has 0 radical (unpaired) electrons. The van der Waals surface area contributed by atoms with Crippen LogP contribution in [0.4, 0.5) is 24.5 Å². The van der Waals surface area contributed by atoms with Crippen molar-refractivity contribution in [2.75, 3.05) is 17.3 Å². The number of fused-ring (bicyclic) bond motifs is 1. The van der Waals surface area contributed by atoms with Gasteiger partial charge in [0.05, 0.1) is 12.2 Å². The summed E-state index contributed by atoms with van der Waals surface area (Å²) in [6, 6.07) is 12.4. The lowest BCUT2D eigenvalue weighted by Gasteiger charge is -2.34. The van der Waals surface area contributed by atoms with Gasteiger partial charge in [-0.3, -0.25) is 19.5 Å². The van der Waals surface area contributed by atoms with Crippen LogP contribution in [0.1, 0.15) is 19.4 Å². The average molecular weight is 489 g/mol. The maximum absolute atomic E-state index is 12.7. The number of rotatable bonds is 6. The SMILES string of the molecule is CC1(C)C(C(=O)C=O)N(c2ccc(SC(F)(F)F)cc2)CN1Cc1ccnc2cc(N)ccc12. The molecule has 1 saturated heterocycles. The summed E-state index contributed by atoms with van der Waals surface area (Å²) in [5.74, 6) is -0.589. The van der Waals surface area contributed by atoms with Crippen LogP contribution < -0.4 is 10.6 Å². The fraction of sp³-hybridized carbons (Fsp3) is 0.292. The molecule has 0 spiro atoms. The van der Waals surface area contributed by atoms with Crippen molar-refractivity contribution in [2.45, 2.75) is 42.4 Å². The molecule has 10 heteroatoms. The van der Waals surface area contributed by atoms with E-state index in [-0.39, 0.29) is 16.7 Å². The summed E-state index contributed by atoms with van der Waals surface area (Å²) < 4.78 is 38.1. The zero-order valence-corrected chi connectivity index (χ0v) is 19.4. The molecule has 34 heavy (non-hydrogen) atoms. The van der Waals surface area contributed by atoms with Gasteiger partial charge < -0.3 is 10.6 Å². The predicted molar refractivity (Wildman–Crippen MR) is 126 cm³/mol. The number of carbonyl (C=O) groups is 2. The van der Waals surface area contributed by atoms with Crippen LogP contribution in [0, 0.1) is 0 Å². The number of halogens is 3.